The number of carbonyl (C=O) groups excluding carboxylic acids is 1. The number of anilines is 1. The first-order valence-electron chi connectivity index (χ1n) is 6.37. The third-order valence-corrected chi connectivity index (χ3v) is 2.78. The minimum atomic E-state index is -0.0604. The molecular weight excluding hydrogens is 228 g/mol. The van der Waals surface area contributed by atoms with Gasteiger partial charge in [0.05, 0.1) is 0 Å². The van der Waals surface area contributed by atoms with E-state index in [0.717, 1.165) is 25.9 Å². The lowest BCUT2D eigenvalue weighted by molar-refractivity contribution is 0.0786. The first kappa shape index (κ1) is 12.8. The maximum absolute atomic E-state index is 12.0. The maximum atomic E-state index is 12.0. The zero-order valence-corrected chi connectivity index (χ0v) is 11.2. The Bertz CT molecular complexity index is 416. The Balaban J connectivity index is 2.05. The van der Waals surface area contributed by atoms with Crippen molar-refractivity contribution >= 4 is 11.7 Å². The van der Waals surface area contributed by atoms with E-state index in [-0.39, 0.29) is 11.4 Å². The molecule has 1 N–H and O–H groups in total. The second kappa shape index (κ2) is 4.92. The van der Waals surface area contributed by atoms with Crippen LogP contribution in [0, 0.1) is 0 Å². The zero-order chi connectivity index (χ0) is 13.2. The summed E-state index contributed by atoms with van der Waals surface area (Å²) in [4.78, 5) is 13.9. The summed E-state index contributed by atoms with van der Waals surface area (Å²) >= 11 is 0. The quantitative estimate of drug-likeness (QED) is 0.868. The van der Waals surface area contributed by atoms with Crippen molar-refractivity contribution in [2.75, 3.05) is 18.4 Å². The van der Waals surface area contributed by atoms with E-state index in [9.17, 15) is 4.79 Å². The van der Waals surface area contributed by atoms with Crippen LogP contribution in [0.1, 0.15) is 44.1 Å². The van der Waals surface area contributed by atoms with Crippen LogP contribution in [-0.4, -0.2) is 39.6 Å². The third-order valence-electron chi connectivity index (χ3n) is 2.78. The van der Waals surface area contributed by atoms with Crippen molar-refractivity contribution in [3.05, 3.63) is 17.8 Å². The van der Waals surface area contributed by atoms with Crippen molar-refractivity contribution in [1.82, 2.24) is 15.1 Å². The molecule has 1 fully saturated rings. The first-order chi connectivity index (χ1) is 8.46. The van der Waals surface area contributed by atoms with Gasteiger partial charge in [0.1, 0.15) is 5.82 Å². The van der Waals surface area contributed by atoms with Crippen molar-refractivity contribution < 1.29 is 4.79 Å². The second-order valence-electron chi connectivity index (χ2n) is 5.68. The van der Waals surface area contributed by atoms with Gasteiger partial charge in [-0.1, -0.05) is 0 Å². The van der Waals surface area contributed by atoms with E-state index in [4.69, 9.17) is 0 Å². The lowest BCUT2D eigenvalue weighted by Crippen LogP contribution is -2.29. The van der Waals surface area contributed by atoms with Crippen LogP contribution in [0.4, 0.5) is 5.82 Å². The van der Waals surface area contributed by atoms with Gasteiger partial charge in [0.2, 0.25) is 0 Å². The molecule has 1 aliphatic heterocycles. The Labute approximate surface area is 108 Å². The van der Waals surface area contributed by atoms with Gasteiger partial charge >= 0.3 is 0 Å². The van der Waals surface area contributed by atoms with Gasteiger partial charge in [-0.3, -0.25) is 4.79 Å². The lowest BCUT2D eigenvalue weighted by Gasteiger charge is -2.21. The third kappa shape index (κ3) is 3.18. The Morgan fingerprint density at radius 1 is 1.22 bits per heavy atom. The van der Waals surface area contributed by atoms with Crippen LogP contribution >= 0.6 is 0 Å². The molecule has 5 heteroatoms. The summed E-state index contributed by atoms with van der Waals surface area (Å²) in [6.45, 7) is 7.83. The van der Waals surface area contributed by atoms with Crippen LogP contribution in [0.2, 0.25) is 0 Å². The minimum Gasteiger partial charge on any atom is -0.364 e. The summed E-state index contributed by atoms with van der Waals surface area (Å²) in [5, 5.41) is 11.3. The van der Waals surface area contributed by atoms with E-state index in [0.29, 0.717) is 11.5 Å². The molecule has 0 bridgehead atoms. The highest BCUT2D eigenvalue weighted by molar-refractivity contribution is 5.92. The number of hydrogen-bond acceptors (Lipinski definition) is 4. The lowest BCUT2D eigenvalue weighted by atomic mass is 10.1. The van der Waals surface area contributed by atoms with Crippen LogP contribution in [0.3, 0.4) is 0 Å². The van der Waals surface area contributed by atoms with Gasteiger partial charge in [-0.05, 0) is 45.7 Å². The molecule has 0 unspecified atom stereocenters. The molecule has 0 aromatic carbocycles. The summed E-state index contributed by atoms with van der Waals surface area (Å²) < 4.78 is 0. The number of nitrogens with zero attached hydrogens (tertiary/aromatic N) is 3. The topological polar surface area (TPSA) is 58.1 Å². The number of aromatic nitrogens is 2. The van der Waals surface area contributed by atoms with Crippen LogP contribution in [0.15, 0.2) is 12.1 Å². The summed E-state index contributed by atoms with van der Waals surface area (Å²) in [5.74, 6) is 0.683. The van der Waals surface area contributed by atoms with Gasteiger partial charge in [0, 0.05) is 18.6 Å². The number of carbonyl (C=O) groups is 1. The number of hydrogen-bond donors (Lipinski definition) is 1. The van der Waals surface area contributed by atoms with E-state index < -0.39 is 0 Å². The highest BCUT2D eigenvalue weighted by atomic mass is 16.2. The van der Waals surface area contributed by atoms with Gasteiger partial charge in [-0.2, -0.15) is 0 Å². The predicted molar refractivity (Wildman–Crippen MR) is 70.5 cm³/mol. The largest absolute Gasteiger partial charge is 0.364 e. The summed E-state index contributed by atoms with van der Waals surface area (Å²) in [5.41, 5.74) is 0.367. The van der Waals surface area contributed by atoms with Crippen LogP contribution in [0.5, 0.6) is 0 Å². The molecule has 0 atom stereocenters. The SMILES string of the molecule is CC(C)(C)Nc1ccc(C(=O)N2CCCC2)nn1. The fraction of sp³-hybridized carbons (Fsp3) is 0.615. The van der Waals surface area contributed by atoms with E-state index in [2.05, 4.69) is 36.3 Å². The van der Waals surface area contributed by atoms with Crippen molar-refractivity contribution in [3.63, 3.8) is 0 Å². The Morgan fingerprint density at radius 3 is 2.39 bits per heavy atom. The number of likely N-dealkylation sites (tertiary alicyclic amines) is 1. The van der Waals surface area contributed by atoms with E-state index in [1.807, 2.05) is 11.0 Å². The Kier molecular flexibility index (Phi) is 3.50. The van der Waals surface area contributed by atoms with Gasteiger partial charge in [0.25, 0.3) is 5.91 Å². The minimum absolute atomic E-state index is 0.0118. The molecule has 0 spiro atoms. The molecule has 1 saturated heterocycles. The maximum Gasteiger partial charge on any atom is 0.274 e. The Morgan fingerprint density at radius 2 is 1.89 bits per heavy atom. The van der Waals surface area contributed by atoms with E-state index in [1.54, 1.807) is 6.07 Å². The van der Waals surface area contributed by atoms with Crippen molar-refractivity contribution in [1.29, 1.82) is 0 Å². The van der Waals surface area contributed by atoms with Crippen LogP contribution in [0.25, 0.3) is 0 Å². The number of amides is 1. The summed E-state index contributed by atoms with van der Waals surface area (Å²) in [6.07, 6.45) is 2.17. The van der Waals surface area contributed by atoms with Crippen LogP contribution < -0.4 is 5.32 Å². The molecule has 5 nitrogen and oxygen atoms in total. The number of nitrogens with one attached hydrogen (secondary N) is 1. The molecule has 1 aliphatic rings. The Hall–Kier alpha value is -1.65. The van der Waals surface area contributed by atoms with Gasteiger partial charge in [0.15, 0.2) is 5.69 Å². The van der Waals surface area contributed by atoms with Gasteiger partial charge in [-0.15, -0.1) is 10.2 Å². The number of rotatable bonds is 2. The predicted octanol–water partition coefficient (Wildman–Crippen LogP) is 1.92. The molecule has 2 heterocycles. The van der Waals surface area contributed by atoms with E-state index >= 15 is 0 Å². The van der Waals surface area contributed by atoms with Gasteiger partial charge < -0.3 is 10.2 Å². The first-order valence-corrected chi connectivity index (χ1v) is 6.37. The zero-order valence-electron chi connectivity index (χ0n) is 11.2. The smallest absolute Gasteiger partial charge is 0.274 e. The van der Waals surface area contributed by atoms with Crippen molar-refractivity contribution in [3.8, 4) is 0 Å². The monoisotopic (exact) mass is 248 g/mol. The highest BCUT2D eigenvalue weighted by Crippen LogP contribution is 2.14. The molecule has 0 aliphatic carbocycles. The normalized spacial score (nSPS) is 15.8. The van der Waals surface area contributed by atoms with E-state index in [1.165, 1.54) is 0 Å². The molecule has 1 amide bonds. The van der Waals surface area contributed by atoms with Crippen LogP contribution in [-0.2, 0) is 0 Å². The molecule has 0 saturated carbocycles. The average Bonchev–Trinajstić information content (AvgIpc) is 2.80. The highest BCUT2D eigenvalue weighted by Gasteiger charge is 2.21. The molecule has 98 valence electrons. The molecule has 0 radical (unpaired) electrons. The molecule has 18 heavy (non-hydrogen) atoms. The molecule has 1 aromatic heterocycles. The summed E-state index contributed by atoms with van der Waals surface area (Å²) in [6, 6.07) is 3.54. The molecule has 1 aromatic rings. The fourth-order valence-electron chi connectivity index (χ4n) is 1.98. The standard InChI is InChI=1S/C13H20N4O/c1-13(2,3)14-11-7-6-10(15-16-11)12(18)17-8-4-5-9-17/h6-7H,4-5,8-9H2,1-3H3,(H,14,16). The van der Waals surface area contributed by atoms with Crippen molar-refractivity contribution in [2.24, 2.45) is 0 Å². The molecular formula is C13H20N4O. The average molecular weight is 248 g/mol. The summed E-state index contributed by atoms with van der Waals surface area (Å²) in [7, 11) is 0. The molecule has 2 rings (SSSR count). The van der Waals surface area contributed by atoms with Crippen molar-refractivity contribution in [2.45, 2.75) is 39.2 Å². The van der Waals surface area contributed by atoms with Gasteiger partial charge in [-0.25, -0.2) is 0 Å². The second-order valence-corrected chi connectivity index (χ2v) is 5.68. The fourth-order valence-corrected chi connectivity index (χ4v) is 1.98.